The van der Waals surface area contributed by atoms with Crippen LogP contribution in [0, 0.1) is 0 Å². The molecule has 110 valence electrons. The van der Waals surface area contributed by atoms with Crippen LogP contribution in [-0.2, 0) is 14.8 Å². The van der Waals surface area contributed by atoms with Crippen LogP contribution in [0.25, 0.3) is 10.1 Å². The van der Waals surface area contributed by atoms with Gasteiger partial charge < -0.3 is 14.6 Å². The number of nitrogens with two attached hydrogens (primary N) is 1. The Hall–Kier alpha value is -1.19. The van der Waals surface area contributed by atoms with Crippen molar-refractivity contribution in [3.63, 3.8) is 0 Å². The lowest BCUT2D eigenvalue weighted by Gasteiger charge is -2.11. The Morgan fingerprint density at radius 2 is 2.15 bits per heavy atom. The van der Waals surface area contributed by atoms with E-state index in [1.54, 1.807) is 18.2 Å². The molecule has 0 bridgehead atoms. The first-order valence-electron chi connectivity index (χ1n) is 5.77. The fraction of sp³-hybridized carbons (Fsp3) is 0.333. The highest BCUT2D eigenvalue weighted by atomic mass is 32.2. The third-order valence-electron chi connectivity index (χ3n) is 2.56. The van der Waals surface area contributed by atoms with Crippen molar-refractivity contribution in [2.24, 2.45) is 5.14 Å². The van der Waals surface area contributed by atoms with Gasteiger partial charge in [-0.3, -0.25) is 0 Å². The van der Waals surface area contributed by atoms with Gasteiger partial charge in [0.05, 0.1) is 11.3 Å². The van der Waals surface area contributed by atoms with Crippen LogP contribution in [0.3, 0.4) is 0 Å². The van der Waals surface area contributed by atoms with E-state index in [-0.39, 0.29) is 17.4 Å². The highest BCUT2D eigenvalue weighted by molar-refractivity contribution is 7.91. The fourth-order valence-corrected chi connectivity index (χ4v) is 3.56. The van der Waals surface area contributed by atoms with E-state index in [1.165, 1.54) is 13.2 Å². The highest BCUT2D eigenvalue weighted by Crippen LogP contribution is 2.35. The molecule has 0 fully saturated rings. The molecule has 0 saturated carbocycles. The van der Waals surface area contributed by atoms with Crippen LogP contribution in [0.4, 0.5) is 0 Å². The van der Waals surface area contributed by atoms with Gasteiger partial charge in [0.25, 0.3) is 0 Å². The number of sulfonamides is 1. The number of ether oxygens (including phenoxy) is 2. The fourth-order valence-electron chi connectivity index (χ4n) is 1.69. The van der Waals surface area contributed by atoms with Crippen LogP contribution in [0.15, 0.2) is 28.5 Å². The Morgan fingerprint density at radius 1 is 1.40 bits per heavy atom. The van der Waals surface area contributed by atoms with E-state index >= 15 is 0 Å². The molecule has 1 aromatic heterocycles. The molecular formula is C12H15NO5S2. The maximum Gasteiger partial charge on any atom is 0.247 e. The molecule has 0 radical (unpaired) electrons. The Morgan fingerprint density at radius 3 is 2.80 bits per heavy atom. The van der Waals surface area contributed by atoms with Gasteiger partial charge in [-0.1, -0.05) is 12.1 Å². The molecule has 0 aliphatic heterocycles. The van der Waals surface area contributed by atoms with Crippen molar-refractivity contribution in [1.29, 1.82) is 0 Å². The summed E-state index contributed by atoms with van der Waals surface area (Å²) in [4.78, 5) is 0. The second-order valence-electron chi connectivity index (χ2n) is 4.21. The molecule has 2 aromatic rings. The standard InChI is InChI=1S/C12H15NO5S2/c1-17-6-9(14)7-18-10-4-2-3-8-5-11(19-12(8)10)20(13,15)16/h2-5,9,14H,6-7H2,1H3,(H2,13,15,16). The quantitative estimate of drug-likeness (QED) is 0.826. The molecule has 0 saturated heterocycles. The van der Waals surface area contributed by atoms with Gasteiger partial charge in [-0.25, -0.2) is 13.6 Å². The minimum atomic E-state index is -3.73. The lowest BCUT2D eigenvalue weighted by atomic mass is 10.2. The van der Waals surface area contributed by atoms with E-state index in [4.69, 9.17) is 14.6 Å². The summed E-state index contributed by atoms with van der Waals surface area (Å²) in [7, 11) is -2.24. The molecular weight excluding hydrogens is 302 g/mol. The summed E-state index contributed by atoms with van der Waals surface area (Å²) in [6, 6.07) is 6.75. The van der Waals surface area contributed by atoms with Crippen LogP contribution in [-0.4, -0.2) is 40.0 Å². The van der Waals surface area contributed by atoms with Crippen LogP contribution >= 0.6 is 11.3 Å². The number of aliphatic hydroxyl groups excluding tert-OH is 1. The second kappa shape index (κ2) is 6.06. The molecule has 1 heterocycles. The molecule has 3 N–H and O–H groups in total. The van der Waals surface area contributed by atoms with E-state index in [2.05, 4.69) is 0 Å². The van der Waals surface area contributed by atoms with E-state index in [0.717, 1.165) is 16.7 Å². The molecule has 0 amide bonds. The van der Waals surface area contributed by atoms with Crippen molar-refractivity contribution in [3.05, 3.63) is 24.3 Å². The Labute approximate surface area is 120 Å². The van der Waals surface area contributed by atoms with Gasteiger partial charge in [0.15, 0.2) is 0 Å². The summed E-state index contributed by atoms with van der Waals surface area (Å²) >= 11 is 1.05. The molecule has 0 aliphatic carbocycles. The van der Waals surface area contributed by atoms with Crippen LogP contribution < -0.4 is 9.88 Å². The van der Waals surface area contributed by atoms with Crippen molar-refractivity contribution >= 4 is 31.4 Å². The zero-order valence-corrected chi connectivity index (χ0v) is 12.4. The molecule has 6 nitrogen and oxygen atoms in total. The number of thiophene rings is 1. The number of hydrogen-bond donors (Lipinski definition) is 2. The number of fused-ring (bicyclic) bond motifs is 1. The summed E-state index contributed by atoms with van der Waals surface area (Å²) in [6.07, 6.45) is -0.743. The molecule has 20 heavy (non-hydrogen) atoms. The first kappa shape index (κ1) is 15.2. The maximum atomic E-state index is 11.4. The van der Waals surface area contributed by atoms with Gasteiger partial charge in [0.2, 0.25) is 10.0 Å². The number of primary sulfonamides is 1. The second-order valence-corrected chi connectivity index (χ2v) is 7.05. The van der Waals surface area contributed by atoms with Crippen LogP contribution in [0.2, 0.25) is 0 Å². The number of methoxy groups -OCH3 is 1. The molecule has 1 unspecified atom stereocenters. The smallest absolute Gasteiger partial charge is 0.247 e. The summed E-state index contributed by atoms with van der Waals surface area (Å²) in [5.74, 6) is 0.512. The van der Waals surface area contributed by atoms with Crippen LogP contribution in [0.1, 0.15) is 0 Å². The summed E-state index contributed by atoms with van der Waals surface area (Å²) in [5, 5.41) is 15.4. The molecule has 0 spiro atoms. The minimum absolute atomic E-state index is 0.0650. The Bertz CT molecular complexity index is 695. The van der Waals surface area contributed by atoms with Gasteiger partial charge in [-0.15, -0.1) is 11.3 Å². The summed E-state index contributed by atoms with van der Waals surface area (Å²) < 4.78 is 33.8. The zero-order chi connectivity index (χ0) is 14.8. The van der Waals surface area contributed by atoms with Gasteiger partial charge in [-0.2, -0.15) is 0 Å². The summed E-state index contributed by atoms with van der Waals surface area (Å²) in [5.41, 5.74) is 0. The van der Waals surface area contributed by atoms with E-state index in [0.29, 0.717) is 10.4 Å². The first-order valence-corrected chi connectivity index (χ1v) is 8.13. The normalized spacial score (nSPS) is 13.6. The van der Waals surface area contributed by atoms with Crippen LogP contribution in [0.5, 0.6) is 5.75 Å². The van der Waals surface area contributed by atoms with Gasteiger partial charge in [-0.05, 0) is 17.5 Å². The number of benzene rings is 1. The van der Waals surface area contributed by atoms with Crippen molar-refractivity contribution in [2.75, 3.05) is 20.3 Å². The lowest BCUT2D eigenvalue weighted by molar-refractivity contribution is 0.0330. The van der Waals surface area contributed by atoms with E-state index in [9.17, 15) is 13.5 Å². The van der Waals surface area contributed by atoms with Gasteiger partial charge in [0.1, 0.15) is 22.7 Å². The average Bonchev–Trinajstić information content (AvgIpc) is 2.81. The Kier molecular flexibility index (Phi) is 4.61. The zero-order valence-electron chi connectivity index (χ0n) is 10.8. The molecule has 1 atom stereocenters. The number of hydrogen-bond acceptors (Lipinski definition) is 6. The monoisotopic (exact) mass is 317 g/mol. The average molecular weight is 317 g/mol. The largest absolute Gasteiger partial charge is 0.489 e. The lowest BCUT2D eigenvalue weighted by Crippen LogP contribution is -2.22. The molecule has 1 aromatic carbocycles. The topological polar surface area (TPSA) is 98.8 Å². The number of rotatable bonds is 6. The molecule has 0 aliphatic rings. The predicted octanol–water partition coefficient (Wildman–Crippen LogP) is 0.935. The van der Waals surface area contributed by atoms with Gasteiger partial charge in [0, 0.05) is 7.11 Å². The van der Waals surface area contributed by atoms with Gasteiger partial charge >= 0.3 is 0 Å². The highest BCUT2D eigenvalue weighted by Gasteiger charge is 2.15. The van der Waals surface area contributed by atoms with Crippen molar-refractivity contribution < 1.29 is 23.0 Å². The van der Waals surface area contributed by atoms with Crippen molar-refractivity contribution in [1.82, 2.24) is 0 Å². The SMILES string of the molecule is COCC(O)COc1cccc2cc(S(N)(=O)=O)sc12. The number of aliphatic hydroxyl groups is 1. The Balaban J connectivity index is 2.28. The third kappa shape index (κ3) is 3.47. The first-order chi connectivity index (χ1) is 9.41. The van der Waals surface area contributed by atoms with Crippen molar-refractivity contribution in [2.45, 2.75) is 10.3 Å². The molecule has 8 heteroatoms. The minimum Gasteiger partial charge on any atom is -0.489 e. The van der Waals surface area contributed by atoms with Crippen molar-refractivity contribution in [3.8, 4) is 5.75 Å². The van der Waals surface area contributed by atoms with E-state index in [1.807, 2.05) is 0 Å². The summed E-state index contributed by atoms with van der Waals surface area (Å²) in [6.45, 7) is 0.235. The third-order valence-corrected chi connectivity index (χ3v) is 5.14. The van der Waals surface area contributed by atoms with E-state index < -0.39 is 16.1 Å². The predicted molar refractivity (Wildman–Crippen MR) is 76.6 cm³/mol. The molecule has 2 rings (SSSR count). The maximum absolute atomic E-state index is 11.4.